The molecular formula is C27H49NO6. The molecule has 0 spiro atoms. The highest BCUT2D eigenvalue weighted by Gasteiger charge is 2.19. The second-order valence-corrected chi connectivity index (χ2v) is 9.42. The van der Waals surface area contributed by atoms with Gasteiger partial charge in [-0.25, -0.2) is 0 Å². The molecule has 0 rings (SSSR count). The van der Waals surface area contributed by atoms with Crippen LogP contribution in [0.3, 0.4) is 0 Å². The lowest BCUT2D eigenvalue weighted by atomic mass is 10.0. The van der Waals surface area contributed by atoms with Crippen molar-refractivity contribution in [2.45, 2.75) is 148 Å². The zero-order valence-corrected chi connectivity index (χ0v) is 21.5. The predicted molar refractivity (Wildman–Crippen MR) is 135 cm³/mol. The SMILES string of the molecule is CCC(=O)C(CCC(=O)O)NC(=O)CCCCCCCCCCCCCCCCCCC(=O)O. The Labute approximate surface area is 206 Å². The molecule has 1 amide bonds. The molecule has 34 heavy (non-hydrogen) atoms. The largest absolute Gasteiger partial charge is 0.481 e. The van der Waals surface area contributed by atoms with Gasteiger partial charge >= 0.3 is 11.9 Å². The van der Waals surface area contributed by atoms with Gasteiger partial charge in [-0.3, -0.25) is 19.2 Å². The number of ketones is 1. The molecule has 198 valence electrons. The van der Waals surface area contributed by atoms with E-state index in [0.717, 1.165) is 38.5 Å². The van der Waals surface area contributed by atoms with Crippen LogP contribution in [0.5, 0.6) is 0 Å². The van der Waals surface area contributed by atoms with E-state index in [2.05, 4.69) is 5.32 Å². The van der Waals surface area contributed by atoms with Gasteiger partial charge < -0.3 is 15.5 Å². The van der Waals surface area contributed by atoms with Crippen LogP contribution in [0.1, 0.15) is 142 Å². The zero-order valence-electron chi connectivity index (χ0n) is 21.5. The van der Waals surface area contributed by atoms with Crippen LogP contribution in [0.2, 0.25) is 0 Å². The second kappa shape index (κ2) is 22.9. The van der Waals surface area contributed by atoms with E-state index in [-0.39, 0.29) is 24.5 Å². The maximum absolute atomic E-state index is 12.1. The standard InChI is InChI=1S/C27H49NO6/c1-2-24(29)23(21-22-27(33)34)28-25(30)19-17-15-13-11-9-7-5-3-4-6-8-10-12-14-16-18-20-26(31)32/h23H,2-22H2,1H3,(H,28,30)(H,31,32)(H,33,34). The normalized spacial score (nSPS) is 11.8. The predicted octanol–water partition coefficient (Wildman–Crippen LogP) is 6.42. The van der Waals surface area contributed by atoms with Crippen LogP contribution in [0.25, 0.3) is 0 Å². The minimum atomic E-state index is -0.957. The fourth-order valence-electron chi connectivity index (χ4n) is 4.13. The molecule has 3 N–H and O–H groups in total. The number of aliphatic carboxylic acids is 2. The summed E-state index contributed by atoms with van der Waals surface area (Å²) in [4.78, 5) is 45.1. The van der Waals surface area contributed by atoms with Crippen molar-refractivity contribution in [1.82, 2.24) is 5.32 Å². The number of amides is 1. The summed E-state index contributed by atoms with van der Waals surface area (Å²) in [6, 6.07) is -0.677. The summed E-state index contributed by atoms with van der Waals surface area (Å²) < 4.78 is 0. The third-order valence-electron chi connectivity index (χ3n) is 6.26. The first-order chi connectivity index (χ1) is 16.4. The lowest BCUT2D eigenvalue weighted by Gasteiger charge is -2.16. The van der Waals surface area contributed by atoms with Gasteiger partial charge in [-0.2, -0.15) is 0 Å². The monoisotopic (exact) mass is 483 g/mol. The van der Waals surface area contributed by atoms with Crippen molar-refractivity contribution in [2.75, 3.05) is 0 Å². The van der Waals surface area contributed by atoms with Crippen LogP contribution >= 0.6 is 0 Å². The Kier molecular flexibility index (Phi) is 21.6. The van der Waals surface area contributed by atoms with E-state index in [9.17, 15) is 19.2 Å². The summed E-state index contributed by atoms with van der Waals surface area (Å²) in [5.41, 5.74) is 0. The van der Waals surface area contributed by atoms with E-state index in [4.69, 9.17) is 10.2 Å². The quantitative estimate of drug-likeness (QED) is 0.129. The Morgan fingerprint density at radius 2 is 0.912 bits per heavy atom. The minimum absolute atomic E-state index is 0.112. The average Bonchev–Trinajstić information content (AvgIpc) is 2.80. The van der Waals surface area contributed by atoms with E-state index in [1.54, 1.807) is 6.92 Å². The number of hydrogen-bond acceptors (Lipinski definition) is 4. The molecule has 0 aromatic carbocycles. The van der Waals surface area contributed by atoms with Crippen LogP contribution in [0.4, 0.5) is 0 Å². The van der Waals surface area contributed by atoms with E-state index < -0.39 is 18.0 Å². The number of carbonyl (C=O) groups excluding carboxylic acids is 2. The van der Waals surface area contributed by atoms with Gasteiger partial charge in [0, 0.05) is 25.7 Å². The zero-order chi connectivity index (χ0) is 25.4. The summed E-state index contributed by atoms with van der Waals surface area (Å²) in [6.07, 6.45) is 19.7. The van der Waals surface area contributed by atoms with Crippen LogP contribution in [0, 0.1) is 0 Å². The van der Waals surface area contributed by atoms with Crippen LogP contribution in [-0.4, -0.2) is 39.9 Å². The molecule has 7 nitrogen and oxygen atoms in total. The van der Waals surface area contributed by atoms with Crippen LogP contribution in [-0.2, 0) is 19.2 Å². The summed E-state index contributed by atoms with van der Waals surface area (Å²) in [5, 5.41) is 20.1. The van der Waals surface area contributed by atoms with Gasteiger partial charge in [0.25, 0.3) is 0 Å². The Morgan fingerprint density at radius 3 is 1.26 bits per heavy atom. The molecular weight excluding hydrogens is 434 g/mol. The number of nitrogens with one attached hydrogen (secondary N) is 1. The number of carbonyl (C=O) groups is 4. The lowest BCUT2D eigenvalue weighted by molar-refractivity contribution is -0.138. The van der Waals surface area contributed by atoms with Crippen molar-refractivity contribution in [2.24, 2.45) is 0 Å². The van der Waals surface area contributed by atoms with Gasteiger partial charge in [0.15, 0.2) is 5.78 Å². The number of carboxylic acids is 2. The molecule has 0 radical (unpaired) electrons. The Balaban J connectivity index is 3.46. The molecule has 1 atom stereocenters. The van der Waals surface area contributed by atoms with Crippen LogP contribution in [0.15, 0.2) is 0 Å². The van der Waals surface area contributed by atoms with Crippen molar-refractivity contribution in [3.63, 3.8) is 0 Å². The third-order valence-corrected chi connectivity index (χ3v) is 6.26. The van der Waals surface area contributed by atoms with Gasteiger partial charge in [0.05, 0.1) is 6.04 Å². The van der Waals surface area contributed by atoms with Crippen molar-refractivity contribution in [3.8, 4) is 0 Å². The molecule has 0 saturated heterocycles. The van der Waals surface area contributed by atoms with Crippen LogP contribution < -0.4 is 5.32 Å². The Bertz CT molecular complexity index is 563. The molecule has 0 aliphatic heterocycles. The van der Waals surface area contributed by atoms with Gasteiger partial charge in [0.1, 0.15) is 0 Å². The fourth-order valence-corrected chi connectivity index (χ4v) is 4.13. The maximum atomic E-state index is 12.1. The summed E-state index contributed by atoms with van der Waals surface area (Å²) >= 11 is 0. The summed E-state index contributed by atoms with van der Waals surface area (Å²) in [5.74, 6) is -1.91. The van der Waals surface area contributed by atoms with Crippen molar-refractivity contribution in [1.29, 1.82) is 0 Å². The Hall–Kier alpha value is -1.92. The molecule has 0 bridgehead atoms. The van der Waals surface area contributed by atoms with E-state index in [1.807, 2.05) is 0 Å². The number of rotatable bonds is 25. The summed E-state index contributed by atoms with van der Waals surface area (Å²) in [7, 11) is 0. The van der Waals surface area contributed by atoms with Crippen molar-refractivity contribution >= 4 is 23.6 Å². The van der Waals surface area contributed by atoms with Crippen molar-refractivity contribution in [3.05, 3.63) is 0 Å². The molecule has 0 aromatic heterocycles. The van der Waals surface area contributed by atoms with Gasteiger partial charge in [-0.15, -0.1) is 0 Å². The number of carboxylic acid groups (broad SMARTS) is 2. The van der Waals surface area contributed by atoms with Gasteiger partial charge in [-0.05, 0) is 19.3 Å². The van der Waals surface area contributed by atoms with Gasteiger partial charge in [0.2, 0.25) is 5.91 Å². The van der Waals surface area contributed by atoms with E-state index in [0.29, 0.717) is 19.3 Å². The first-order valence-electron chi connectivity index (χ1n) is 13.6. The average molecular weight is 484 g/mol. The van der Waals surface area contributed by atoms with E-state index >= 15 is 0 Å². The fraction of sp³-hybridized carbons (Fsp3) is 0.852. The van der Waals surface area contributed by atoms with Crippen molar-refractivity contribution < 1.29 is 29.4 Å². The minimum Gasteiger partial charge on any atom is -0.481 e. The lowest BCUT2D eigenvalue weighted by Crippen LogP contribution is -2.40. The summed E-state index contributed by atoms with van der Waals surface area (Å²) in [6.45, 7) is 1.72. The van der Waals surface area contributed by atoms with E-state index in [1.165, 1.54) is 64.2 Å². The topological polar surface area (TPSA) is 121 Å². The Morgan fingerprint density at radius 1 is 0.559 bits per heavy atom. The number of hydrogen-bond donors (Lipinski definition) is 3. The highest BCUT2D eigenvalue weighted by atomic mass is 16.4. The number of unbranched alkanes of at least 4 members (excludes halogenated alkanes) is 15. The molecule has 0 saturated carbocycles. The molecule has 0 aliphatic carbocycles. The second-order valence-electron chi connectivity index (χ2n) is 9.42. The molecule has 0 heterocycles. The third kappa shape index (κ3) is 21.9. The molecule has 7 heteroatoms. The maximum Gasteiger partial charge on any atom is 0.303 e. The molecule has 0 aromatic rings. The highest BCUT2D eigenvalue weighted by molar-refractivity contribution is 5.89. The first-order valence-corrected chi connectivity index (χ1v) is 13.6. The molecule has 0 fully saturated rings. The number of Topliss-reactive ketones (excluding diaryl/α,β-unsaturated/α-hetero) is 1. The smallest absolute Gasteiger partial charge is 0.303 e. The molecule has 0 aliphatic rings. The van der Waals surface area contributed by atoms with Gasteiger partial charge in [-0.1, -0.05) is 96.8 Å². The highest BCUT2D eigenvalue weighted by Crippen LogP contribution is 2.14. The first kappa shape index (κ1) is 32.1. The molecule has 1 unspecified atom stereocenters.